The van der Waals surface area contributed by atoms with Crippen molar-refractivity contribution in [3.63, 3.8) is 0 Å². The minimum absolute atomic E-state index is 0.0353. The molecule has 2 amide bonds. The van der Waals surface area contributed by atoms with Gasteiger partial charge in [-0.05, 0) is 86.8 Å². The number of benzene rings is 4. The van der Waals surface area contributed by atoms with E-state index in [-0.39, 0.29) is 68.4 Å². The summed E-state index contributed by atoms with van der Waals surface area (Å²) in [6, 6.07) is 37.3. The number of nitriles is 1. The molecule has 358 valence electrons. The Morgan fingerprint density at radius 2 is 1.43 bits per heavy atom. The van der Waals surface area contributed by atoms with E-state index in [0.29, 0.717) is 17.2 Å². The number of carbonyl (C=O) groups excluding carboxylic acids is 2. The highest BCUT2D eigenvalue weighted by atomic mass is 31.2. The third-order valence-corrected chi connectivity index (χ3v) is 15.2. The molecule has 0 radical (unpaired) electrons. The first-order chi connectivity index (χ1) is 32.8. The maximum atomic E-state index is 14.6. The van der Waals surface area contributed by atoms with Crippen LogP contribution in [0.15, 0.2) is 126 Å². The van der Waals surface area contributed by atoms with E-state index in [1.165, 1.54) is 4.57 Å². The van der Waals surface area contributed by atoms with E-state index in [9.17, 15) is 19.6 Å². The molecule has 5 atom stereocenters. The van der Waals surface area contributed by atoms with Gasteiger partial charge in [-0.15, -0.1) is 0 Å². The van der Waals surface area contributed by atoms with Crippen LogP contribution in [0.1, 0.15) is 64.7 Å². The average molecular weight is 945 g/mol. The minimum Gasteiger partial charge on any atom is -0.497 e. The number of para-hydroxylation sites is 1. The van der Waals surface area contributed by atoms with Crippen molar-refractivity contribution < 1.29 is 37.8 Å². The fraction of sp³-hybridized carbons (Fsp3) is 0.404. The second-order valence-electron chi connectivity index (χ2n) is 17.6. The number of amides is 2. The van der Waals surface area contributed by atoms with Crippen LogP contribution in [-0.2, 0) is 34.9 Å². The Morgan fingerprint density at radius 3 is 1.96 bits per heavy atom. The molecule has 68 heavy (non-hydrogen) atoms. The summed E-state index contributed by atoms with van der Waals surface area (Å²) in [6.07, 6.45) is 0.846. The lowest BCUT2D eigenvalue weighted by molar-refractivity contribution is -0.216. The Kier molecular flexibility index (Phi) is 16.0. The molecule has 15 nitrogen and oxygen atoms in total. The molecule has 1 unspecified atom stereocenters. The van der Waals surface area contributed by atoms with Crippen LogP contribution in [0.3, 0.4) is 0 Å². The van der Waals surface area contributed by atoms with Crippen LogP contribution in [0.4, 0.5) is 5.82 Å². The average Bonchev–Trinajstić information content (AvgIpc) is 3.58. The van der Waals surface area contributed by atoms with Crippen LogP contribution in [0.2, 0.25) is 0 Å². The SMILES string of the molecule is COc1ccc(C(OC[C@H]2O[C@]3(n4ccc(NC(=O)C(C)C)nc4=O)CN(C(=O)COc4ccccc4)[C@H]3[C@@H]2P(OCCC#N)N(C(C)C)C(C)C)(c2ccccc2)c2ccc(OC)cc2)cc1. The summed E-state index contributed by atoms with van der Waals surface area (Å²) in [5, 5.41) is 12.5. The fourth-order valence-corrected chi connectivity index (χ4v) is 12.0. The normalized spacial score (nSPS) is 19.3. The summed E-state index contributed by atoms with van der Waals surface area (Å²) in [4.78, 5) is 47.8. The molecule has 2 saturated heterocycles. The van der Waals surface area contributed by atoms with Gasteiger partial charge in [-0.1, -0.05) is 86.6 Å². The second-order valence-corrected chi connectivity index (χ2v) is 19.5. The number of likely N-dealkylation sites (tertiary alicyclic amines) is 1. The molecular formula is C52H61N6O9P. The van der Waals surface area contributed by atoms with E-state index >= 15 is 0 Å². The number of carbonyl (C=O) groups is 2. The Bertz CT molecular complexity index is 2520. The molecule has 2 aliphatic heterocycles. The van der Waals surface area contributed by atoms with E-state index in [2.05, 4.69) is 48.7 Å². The van der Waals surface area contributed by atoms with Crippen LogP contribution in [0, 0.1) is 17.2 Å². The van der Waals surface area contributed by atoms with Crippen molar-refractivity contribution in [3.05, 3.63) is 149 Å². The predicted octanol–water partition coefficient (Wildman–Crippen LogP) is 7.93. The fourth-order valence-electron chi connectivity index (χ4n) is 9.18. The Morgan fingerprint density at radius 1 is 0.853 bits per heavy atom. The first-order valence-corrected chi connectivity index (χ1v) is 24.2. The zero-order valence-electron chi connectivity index (χ0n) is 39.9. The molecule has 0 saturated carbocycles. The third kappa shape index (κ3) is 10.2. The van der Waals surface area contributed by atoms with E-state index < -0.39 is 43.1 Å². The third-order valence-electron chi connectivity index (χ3n) is 12.3. The molecule has 0 aliphatic carbocycles. The monoisotopic (exact) mass is 944 g/mol. The molecule has 5 aromatic rings. The van der Waals surface area contributed by atoms with Crippen molar-refractivity contribution in [1.82, 2.24) is 19.1 Å². The quantitative estimate of drug-likeness (QED) is 0.0430. The van der Waals surface area contributed by atoms with Crippen molar-refractivity contribution in [2.45, 2.75) is 89.2 Å². The molecule has 2 aliphatic rings. The maximum absolute atomic E-state index is 14.6. The molecule has 7 rings (SSSR count). The highest BCUT2D eigenvalue weighted by molar-refractivity contribution is 7.51. The summed E-state index contributed by atoms with van der Waals surface area (Å²) in [5.41, 5.74) is -1.62. The molecule has 1 N–H and O–H groups in total. The Balaban J connectivity index is 1.42. The van der Waals surface area contributed by atoms with Gasteiger partial charge in [0.1, 0.15) is 37.0 Å². The molecule has 4 aromatic carbocycles. The topological polar surface area (TPSA) is 167 Å². The smallest absolute Gasteiger partial charge is 0.351 e. The van der Waals surface area contributed by atoms with E-state index in [1.807, 2.05) is 97.1 Å². The molecule has 0 spiro atoms. The predicted molar refractivity (Wildman–Crippen MR) is 260 cm³/mol. The summed E-state index contributed by atoms with van der Waals surface area (Å²) >= 11 is 0. The minimum atomic E-state index is -1.74. The largest absolute Gasteiger partial charge is 0.497 e. The standard InChI is InChI=1S/C52H61N6O9P/c1-35(2)49(60)54-45-28-30-57(50(61)55-45)51-34-56(46(59)33-64-43-18-13-10-14-19-43)48(51)47(68(66-31-15-29-53)58(36(3)4)37(5)6)44(67-51)32-65-52(38-16-11-9-12-17-38,39-20-24-41(62-7)25-21-39)40-22-26-42(63-8)27-23-40/h9-14,16-28,30,35-37,44,47-48H,15,31-34H2,1-8H3,(H,54,55,60,61)/t44-,47-,48+,51-,68?/m1/s1. The lowest BCUT2D eigenvalue weighted by Crippen LogP contribution is -2.74. The van der Waals surface area contributed by atoms with Gasteiger partial charge in [0.25, 0.3) is 5.91 Å². The highest BCUT2D eigenvalue weighted by Gasteiger charge is 2.70. The van der Waals surface area contributed by atoms with Crippen LogP contribution in [0.25, 0.3) is 0 Å². The number of nitrogens with zero attached hydrogens (tertiary/aromatic N) is 5. The molecular weight excluding hydrogens is 884 g/mol. The Hall–Kier alpha value is -6.14. The number of aromatic nitrogens is 2. The van der Waals surface area contributed by atoms with Crippen molar-refractivity contribution in [2.75, 3.05) is 45.9 Å². The van der Waals surface area contributed by atoms with Crippen LogP contribution in [-0.4, -0.2) is 101 Å². The highest BCUT2D eigenvalue weighted by Crippen LogP contribution is 2.62. The molecule has 16 heteroatoms. The van der Waals surface area contributed by atoms with E-state index in [4.69, 9.17) is 28.2 Å². The summed E-state index contributed by atoms with van der Waals surface area (Å²) in [6.45, 7) is 11.6. The summed E-state index contributed by atoms with van der Waals surface area (Å²) < 4.78 is 42.8. The number of anilines is 1. The van der Waals surface area contributed by atoms with Gasteiger partial charge in [0, 0.05) is 24.2 Å². The van der Waals surface area contributed by atoms with Crippen LogP contribution in [0.5, 0.6) is 17.2 Å². The van der Waals surface area contributed by atoms with E-state index in [0.717, 1.165) is 16.7 Å². The number of rotatable bonds is 21. The lowest BCUT2D eigenvalue weighted by Gasteiger charge is -2.55. The van der Waals surface area contributed by atoms with Gasteiger partial charge >= 0.3 is 5.69 Å². The van der Waals surface area contributed by atoms with Crippen molar-refractivity contribution in [2.24, 2.45) is 5.92 Å². The lowest BCUT2D eigenvalue weighted by atomic mass is 9.80. The number of ether oxygens (including phenoxy) is 5. The van der Waals surface area contributed by atoms with Crippen molar-refractivity contribution in [3.8, 4) is 23.3 Å². The van der Waals surface area contributed by atoms with Crippen molar-refractivity contribution >= 4 is 25.9 Å². The van der Waals surface area contributed by atoms with Gasteiger partial charge in [0.2, 0.25) is 5.91 Å². The molecule has 0 bridgehead atoms. The number of fused-ring (bicyclic) bond motifs is 1. The van der Waals surface area contributed by atoms with E-state index in [1.54, 1.807) is 57.4 Å². The number of hydrogen-bond acceptors (Lipinski definition) is 12. The second kappa shape index (κ2) is 21.9. The van der Waals surface area contributed by atoms with Gasteiger partial charge in [0.15, 0.2) is 12.3 Å². The summed E-state index contributed by atoms with van der Waals surface area (Å²) in [5.74, 6) is 0.984. The molecule has 3 heterocycles. The van der Waals surface area contributed by atoms with Crippen molar-refractivity contribution in [1.29, 1.82) is 5.26 Å². The first kappa shape index (κ1) is 49.8. The zero-order chi connectivity index (χ0) is 48.6. The number of hydrogen-bond donors (Lipinski definition) is 1. The first-order valence-electron chi connectivity index (χ1n) is 22.9. The van der Waals surface area contributed by atoms with Gasteiger partial charge in [-0.3, -0.25) is 18.8 Å². The summed E-state index contributed by atoms with van der Waals surface area (Å²) in [7, 11) is 1.50. The van der Waals surface area contributed by atoms with Crippen LogP contribution >= 0.6 is 8.30 Å². The van der Waals surface area contributed by atoms with Gasteiger partial charge < -0.3 is 38.4 Å². The molecule has 1 aromatic heterocycles. The van der Waals surface area contributed by atoms with Gasteiger partial charge in [0.05, 0.1) is 64.3 Å². The Labute approximate surface area is 399 Å². The number of nitrogens with one attached hydrogen (secondary N) is 1. The van der Waals surface area contributed by atoms with Gasteiger partial charge in [-0.25, -0.2) is 4.79 Å². The molecule has 2 fully saturated rings. The van der Waals surface area contributed by atoms with Crippen LogP contribution < -0.4 is 25.2 Å². The number of methoxy groups -OCH3 is 2. The van der Waals surface area contributed by atoms with Gasteiger partial charge in [-0.2, -0.15) is 10.2 Å². The zero-order valence-corrected chi connectivity index (χ0v) is 40.8. The maximum Gasteiger partial charge on any atom is 0.351 e.